The Balaban J connectivity index is 2.78. The highest BCUT2D eigenvalue weighted by Gasteiger charge is 2.08. The second-order valence-electron chi connectivity index (χ2n) is 2.84. The fourth-order valence-corrected chi connectivity index (χ4v) is 1.43. The van der Waals surface area contributed by atoms with Crippen molar-refractivity contribution < 1.29 is 4.74 Å². The Morgan fingerprint density at radius 1 is 1.54 bits per heavy atom. The van der Waals surface area contributed by atoms with Gasteiger partial charge in [0.25, 0.3) is 0 Å². The summed E-state index contributed by atoms with van der Waals surface area (Å²) in [5.74, 6) is 0. The summed E-state index contributed by atoms with van der Waals surface area (Å²) in [6.07, 6.45) is 0.0729. The molecule has 0 radical (unpaired) electrons. The maximum atomic E-state index is 5.87. The molecule has 0 heterocycles. The molecule has 2 nitrogen and oxygen atoms in total. The van der Waals surface area contributed by atoms with Gasteiger partial charge < -0.3 is 10.1 Å². The first-order valence-corrected chi connectivity index (χ1v) is 4.58. The maximum absolute atomic E-state index is 5.87. The first kappa shape index (κ1) is 10.5. The molecule has 0 aliphatic carbocycles. The van der Waals surface area contributed by atoms with E-state index in [0.29, 0.717) is 0 Å². The zero-order valence-electron chi connectivity index (χ0n) is 7.88. The van der Waals surface area contributed by atoms with Gasteiger partial charge in [-0.05, 0) is 24.7 Å². The molecule has 0 amide bonds. The van der Waals surface area contributed by atoms with Crippen LogP contribution in [0.5, 0.6) is 0 Å². The summed E-state index contributed by atoms with van der Waals surface area (Å²) in [6.45, 7) is 0.789. The predicted octanol–water partition coefficient (Wildman–Crippen LogP) is 2.25. The first-order valence-electron chi connectivity index (χ1n) is 4.20. The molecule has 1 aromatic carbocycles. The van der Waals surface area contributed by atoms with E-state index < -0.39 is 0 Å². The zero-order valence-corrected chi connectivity index (χ0v) is 8.64. The van der Waals surface area contributed by atoms with Gasteiger partial charge in [0.05, 0.1) is 6.10 Å². The first-order chi connectivity index (χ1) is 6.27. The van der Waals surface area contributed by atoms with Crippen LogP contribution in [0.2, 0.25) is 5.02 Å². The number of rotatable bonds is 4. The average molecular weight is 200 g/mol. The van der Waals surface area contributed by atoms with Gasteiger partial charge in [-0.2, -0.15) is 0 Å². The van der Waals surface area contributed by atoms with Gasteiger partial charge in [0.15, 0.2) is 0 Å². The van der Waals surface area contributed by atoms with Crippen molar-refractivity contribution in [1.82, 2.24) is 5.32 Å². The highest BCUT2D eigenvalue weighted by atomic mass is 35.5. The van der Waals surface area contributed by atoms with Crippen LogP contribution >= 0.6 is 11.6 Å². The molecule has 0 bridgehead atoms. The molecule has 0 aliphatic heterocycles. The highest BCUT2D eigenvalue weighted by molar-refractivity contribution is 6.30. The van der Waals surface area contributed by atoms with Crippen molar-refractivity contribution >= 4 is 11.6 Å². The Hall–Kier alpha value is -0.570. The molecule has 1 N–H and O–H groups in total. The van der Waals surface area contributed by atoms with Gasteiger partial charge in [0.2, 0.25) is 0 Å². The third kappa shape index (κ3) is 2.99. The number of likely N-dealkylation sites (N-methyl/N-ethyl adjacent to an activating group) is 1. The summed E-state index contributed by atoms with van der Waals surface area (Å²) in [4.78, 5) is 0. The number of hydrogen-bond acceptors (Lipinski definition) is 2. The summed E-state index contributed by atoms with van der Waals surface area (Å²) >= 11 is 5.87. The third-order valence-electron chi connectivity index (χ3n) is 1.89. The monoisotopic (exact) mass is 199 g/mol. The van der Waals surface area contributed by atoms with Gasteiger partial charge in [-0.15, -0.1) is 0 Å². The van der Waals surface area contributed by atoms with Crippen LogP contribution in [0.4, 0.5) is 0 Å². The minimum absolute atomic E-state index is 0.0729. The largest absolute Gasteiger partial charge is 0.375 e. The van der Waals surface area contributed by atoms with Crippen molar-refractivity contribution in [2.45, 2.75) is 6.10 Å². The van der Waals surface area contributed by atoms with E-state index in [-0.39, 0.29) is 6.10 Å². The van der Waals surface area contributed by atoms with E-state index in [4.69, 9.17) is 16.3 Å². The van der Waals surface area contributed by atoms with E-state index in [2.05, 4.69) is 5.32 Å². The lowest BCUT2D eigenvalue weighted by atomic mass is 10.1. The van der Waals surface area contributed by atoms with Gasteiger partial charge in [-0.25, -0.2) is 0 Å². The van der Waals surface area contributed by atoms with E-state index in [1.807, 2.05) is 31.3 Å². The molecular formula is C10H14ClNO. The van der Waals surface area contributed by atoms with Gasteiger partial charge >= 0.3 is 0 Å². The molecule has 0 fully saturated rings. The summed E-state index contributed by atoms with van der Waals surface area (Å²) in [7, 11) is 3.60. The quantitative estimate of drug-likeness (QED) is 0.803. The Morgan fingerprint density at radius 3 is 2.85 bits per heavy atom. The lowest BCUT2D eigenvalue weighted by Gasteiger charge is -2.15. The normalized spacial score (nSPS) is 12.8. The molecular weight excluding hydrogens is 186 g/mol. The van der Waals surface area contributed by atoms with E-state index in [0.717, 1.165) is 17.1 Å². The molecule has 0 aromatic heterocycles. The Labute approximate surface area is 83.9 Å². The second kappa shape index (κ2) is 5.22. The number of methoxy groups -OCH3 is 1. The predicted molar refractivity (Wildman–Crippen MR) is 55.1 cm³/mol. The van der Waals surface area contributed by atoms with Crippen LogP contribution in [0.3, 0.4) is 0 Å². The molecule has 13 heavy (non-hydrogen) atoms. The second-order valence-corrected chi connectivity index (χ2v) is 3.27. The summed E-state index contributed by atoms with van der Waals surface area (Å²) in [5.41, 5.74) is 1.10. The van der Waals surface area contributed by atoms with E-state index in [1.54, 1.807) is 7.11 Å². The summed E-state index contributed by atoms with van der Waals surface area (Å²) < 4.78 is 5.31. The number of ether oxygens (including phenoxy) is 1. The Morgan fingerprint density at radius 2 is 2.31 bits per heavy atom. The number of halogens is 1. The van der Waals surface area contributed by atoms with Crippen molar-refractivity contribution in [1.29, 1.82) is 0 Å². The van der Waals surface area contributed by atoms with E-state index >= 15 is 0 Å². The Bertz CT molecular complexity index is 265. The topological polar surface area (TPSA) is 21.3 Å². The molecule has 1 unspecified atom stereocenters. The van der Waals surface area contributed by atoms with Crippen LogP contribution in [-0.2, 0) is 4.74 Å². The number of hydrogen-bond donors (Lipinski definition) is 1. The van der Waals surface area contributed by atoms with E-state index in [1.165, 1.54) is 0 Å². The fraction of sp³-hybridized carbons (Fsp3) is 0.400. The molecule has 1 aromatic rings. The summed E-state index contributed by atoms with van der Waals surface area (Å²) in [6, 6.07) is 7.72. The van der Waals surface area contributed by atoms with Crippen molar-refractivity contribution in [2.75, 3.05) is 20.7 Å². The molecule has 0 saturated heterocycles. The van der Waals surface area contributed by atoms with Gasteiger partial charge in [0, 0.05) is 18.7 Å². The van der Waals surface area contributed by atoms with Crippen LogP contribution in [-0.4, -0.2) is 20.7 Å². The summed E-state index contributed by atoms with van der Waals surface area (Å²) in [5, 5.41) is 3.81. The number of benzene rings is 1. The van der Waals surface area contributed by atoms with Gasteiger partial charge in [0.1, 0.15) is 0 Å². The molecule has 0 saturated carbocycles. The molecule has 1 atom stereocenters. The Kier molecular flexibility index (Phi) is 4.22. The smallest absolute Gasteiger partial charge is 0.0945 e. The van der Waals surface area contributed by atoms with Crippen LogP contribution < -0.4 is 5.32 Å². The molecule has 1 rings (SSSR count). The van der Waals surface area contributed by atoms with Crippen molar-refractivity contribution in [2.24, 2.45) is 0 Å². The lowest BCUT2D eigenvalue weighted by molar-refractivity contribution is 0.104. The number of nitrogens with one attached hydrogen (secondary N) is 1. The lowest BCUT2D eigenvalue weighted by Crippen LogP contribution is -2.18. The molecule has 0 aliphatic rings. The fourth-order valence-electron chi connectivity index (χ4n) is 1.23. The SMILES string of the molecule is CNCC(OC)c1cccc(Cl)c1. The standard InChI is InChI=1S/C10H14ClNO/c1-12-7-10(13-2)8-4-3-5-9(11)6-8/h3-6,10,12H,7H2,1-2H3. The van der Waals surface area contributed by atoms with Crippen molar-refractivity contribution in [3.63, 3.8) is 0 Å². The highest BCUT2D eigenvalue weighted by Crippen LogP contribution is 2.19. The molecule has 3 heteroatoms. The van der Waals surface area contributed by atoms with Crippen LogP contribution in [0.15, 0.2) is 24.3 Å². The van der Waals surface area contributed by atoms with Gasteiger partial charge in [-0.3, -0.25) is 0 Å². The van der Waals surface area contributed by atoms with Crippen LogP contribution in [0, 0.1) is 0 Å². The van der Waals surface area contributed by atoms with Gasteiger partial charge in [-0.1, -0.05) is 23.7 Å². The molecule has 72 valence electrons. The average Bonchev–Trinajstić information content (AvgIpc) is 2.14. The van der Waals surface area contributed by atoms with Crippen molar-refractivity contribution in [3.8, 4) is 0 Å². The minimum Gasteiger partial charge on any atom is -0.375 e. The molecule has 0 spiro atoms. The van der Waals surface area contributed by atoms with E-state index in [9.17, 15) is 0 Å². The minimum atomic E-state index is 0.0729. The van der Waals surface area contributed by atoms with Crippen LogP contribution in [0.1, 0.15) is 11.7 Å². The zero-order chi connectivity index (χ0) is 9.68. The maximum Gasteiger partial charge on any atom is 0.0945 e. The van der Waals surface area contributed by atoms with Crippen molar-refractivity contribution in [3.05, 3.63) is 34.9 Å². The third-order valence-corrected chi connectivity index (χ3v) is 2.13. The van der Waals surface area contributed by atoms with Crippen LogP contribution in [0.25, 0.3) is 0 Å².